The largest absolute Gasteiger partial charge is 0.378 e. The van der Waals surface area contributed by atoms with Crippen molar-refractivity contribution in [3.8, 4) is 0 Å². The van der Waals surface area contributed by atoms with Gasteiger partial charge in [-0.25, -0.2) is 13.4 Å². The molecule has 2 aromatic carbocycles. The second-order valence-electron chi connectivity index (χ2n) is 9.55. The average Bonchev–Trinajstić information content (AvgIpc) is 3.52. The van der Waals surface area contributed by atoms with E-state index in [1.165, 1.54) is 52.1 Å². The second kappa shape index (κ2) is 6.23. The molecular formula is C23H23N5O2S2. The van der Waals surface area contributed by atoms with Crippen molar-refractivity contribution in [2.24, 2.45) is 17.8 Å². The molecule has 0 spiro atoms. The number of rotatable bonds is 2. The van der Waals surface area contributed by atoms with Crippen LogP contribution in [0.1, 0.15) is 42.3 Å². The van der Waals surface area contributed by atoms with Crippen LogP contribution in [-0.4, -0.2) is 28.8 Å². The van der Waals surface area contributed by atoms with E-state index in [0.29, 0.717) is 34.3 Å². The highest BCUT2D eigenvalue weighted by Gasteiger charge is 2.54. The molecule has 0 saturated heterocycles. The number of aromatic nitrogens is 3. The number of benzene rings is 2. The number of anilines is 2. The summed E-state index contributed by atoms with van der Waals surface area (Å²) < 4.78 is 26.8. The van der Waals surface area contributed by atoms with Gasteiger partial charge in [0.25, 0.3) is 10.0 Å². The Labute approximate surface area is 189 Å². The summed E-state index contributed by atoms with van der Waals surface area (Å²) >= 11 is 1.53. The van der Waals surface area contributed by atoms with E-state index in [0.717, 1.165) is 21.3 Å². The van der Waals surface area contributed by atoms with Crippen molar-refractivity contribution in [1.29, 1.82) is 0 Å². The third-order valence-electron chi connectivity index (χ3n) is 7.87. The highest BCUT2D eigenvalue weighted by Crippen LogP contribution is 2.64. The molecule has 2 aliphatic carbocycles. The molecule has 7 nitrogen and oxygen atoms in total. The van der Waals surface area contributed by atoms with Gasteiger partial charge in [-0.15, -0.1) is 0 Å². The van der Waals surface area contributed by atoms with Crippen LogP contribution in [0.3, 0.4) is 0 Å². The van der Waals surface area contributed by atoms with Gasteiger partial charge in [0.05, 0.1) is 34.2 Å². The first-order valence-electron chi connectivity index (χ1n) is 11.0. The van der Waals surface area contributed by atoms with Crippen LogP contribution < -0.4 is 11.1 Å². The van der Waals surface area contributed by atoms with E-state index in [4.69, 9.17) is 5.73 Å². The Bertz CT molecular complexity index is 1520. The topological polar surface area (TPSA) is 103 Å². The Morgan fingerprint density at radius 2 is 2.03 bits per heavy atom. The zero-order valence-electron chi connectivity index (χ0n) is 17.5. The molecule has 2 unspecified atom stereocenters. The summed E-state index contributed by atoms with van der Waals surface area (Å²) in [5, 5.41) is 9.66. The Kier molecular flexibility index (Phi) is 3.67. The summed E-state index contributed by atoms with van der Waals surface area (Å²) in [7, 11) is -3.45. The molecule has 5 atom stereocenters. The maximum Gasteiger partial charge on any atom is 0.251 e. The van der Waals surface area contributed by atoms with E-state index >= 15 is 0 Å². The van der Waals surface area contributed by atoms with Gasteiger partial charge in [0.1, 0.15) is 0 Å². The summed E-state index contributed by atoms with van der Waals surface area (Å²) in [6, 6.07) is 10.7. The standard InChI is InChI=1S/C23H23N5O2S2/c1-32(29,30)28-17-7-6-16-21(14(17)10-25-28)19-11-2-3-12(8-11)20(19)22(26-16)13-4-5-15-18(9-13)31-23(24)27-15/h4-7,9-12,19-20,22,26H,2-3,8H2,1H3,(H2,24,27)/t11?,12?,19-,20+,22-/m0/s1. The minimum atomic E-state index is -3.45. The summed E-state index contributed by atoms with van der Waals surface area (Å²) in [6.07, 6.45) is 6.72. The van der Waals surface area contributed by atoms with Crippen LogP contribution in [0.5, 0.6) is 0 Å². The maximum absolute atomic E-state index is 12.2. The Balaban J connectivity index is 1.42. The van der Waals surface area contributed by atoms with Gasteiger partial charge >= 0.3 is 0 Å². The molecule has 32 heavy (non-hydrogen) atoms. The predicted octanol–water partition coefficient (Wildman–Crippen LogP) is 4.33. The first-order chi connectivity index (χ1) is 15.4. The Hall–Kier alpha value is -2.65. The molecule has 3 N–H and O–H groups in total. The smallest absolute Gasteiger partial charge is 0.251 e. The van der Waals surface area contributed by atoms with Crippen LogP contribution in [0.15, 0.2) is 36.5 Å². The lowest BCUT2D eigenvalue weighted by Gasteiger charge is -2.43. The lowest BCUT2D eigenvalue weighted by atomic mass is 9.67. The number of nitrogens with zero attached hydrogens (tertiary/aromatic N) is 3. The Morgan fingerprint density at radius 3 is 2.88 bits per heavy atom. The molecule has 0 radical (unpaired) electrons. The minimum absolute atomic E-state index is 0.220. The van der Waals surface area contributed by atoms with Crippen LogP contribution >= 0.6 is 11.3 Å². The zero-order valence-corrected chi connectivity index (χ0v) is 19.2. The zero-order chi connectivity index (χ0) is 21.8. The first-order valence-corrected chi connectivity index (χ1v) is 13.7. The van der Waals surface area contributed by atoms with Crippen molar-refractivity contribution < 1.29 is 8.42 Å². The molecule has 1 aliphatic heterocycles. The molecule has 4 aromatic rings. The summed E-state index contributed by atoms with van der Waals surface area (Å²) in [5.41, 5.74) is 11.2. The lowest BCUT2D eigenvalue weighted by molar-refractivity contribution is 0.249. The second-order valence-corrected chi connectivity index (χ2v) is 12.4. The fourth-order valence-electron chi connectivity index (χ4n) is 6.81. The molecule has 2 fully saturated rings. The normalized spacial score (nSPS) is 28.7. The molecule has 3 heterocycles. The van der Waals surface area contributed by atoms with Crippen molar-refractivity contribution in [3.63, 3.8) is 0 Å². The monoisotopic (exact) mass is 465 g/mol. The highest BCUT2D eigenvalue weighted by atomic mass is 32.2. The Morgan fingerprint density at radius 1 is 1.19 bits per heavy atom. The van der Waals surface area contributed by atoms with Crippen molar-refractivity contribution in [2.75, 3.05) is 17.3 Å². The van der Waals surface area contributed by atoms with E-state index < -0.39 is 10.0 Å². The number of thiazole rings is 1. The van der Waals surface area contributed by atoms with Gasteiger partial charge < -0.3 is 11.1 Å². The molecular weight excluding hydrogens is 442 g/mol. The van der Waals surface area contributed by atoms with E-state index in [2.05, 4.69) is 33.6 Å². The predicted molar refractivity (Wildman–Crippen MR) is 127 cm³/mol. The minimum Gasteiger partial charge on any atom is -0.378 e. The van der Waals surface area contributed by atoms with Crippen molar-refractivity contribution in [3.05, 3.63) is 47.7 Å². The van der Waals surface area contributed by atoms with Gasteiger partial charge in [0.2, 0.25) is 0 Å². The molecule has 3 aliphatic rings. The van der Waals surface area contributed by atoms with Crippen LogP contribution in [0.4, 0.5) is 10.8 Å². The fourth-order valence-corrected chi connectivity index (χ4v) is 8.33. The lowest BCUT2D eigenvalue weighted by Crippen LogP contribution is -2.35. The SMILES string of the molecule is CS(=O)(=O)n1ncc2c3c(ccc21)N[C@@H](c1ccc2nc(N)sc2c1)[C@@H]1C2CCC(C2)[C@H]31. The highest BCUT2D eigenvalue weighted by molar-refractivity contribution is 7.89. The molecule has 164 valence electrons. The first kappa shape index (κ1) is 18.9. The quantitative estimate of drug-likeness (QED) is 0.457. The van der Waals surface area contributed by atoms with Crippen LogP contribution in [0.2, 0.25) is 0 Å². The fraction of sp³-hybridized carbons (Fsp3) is 0.391. The molecule has 7 rings (SSSR count). The van der Waals surface area contributed by atoms with E-state index in [1.807, 2.05) is 12.1 Å². The van der Waals surface area contributed by atoms with Crippen molar-refractivity contribution in [2.45, 2.75) is 31.2 Å². The number of nitrogens with one attached hydrogen (secondary N) is 1. The van der Waals surface area contributed by atoms with Crippen molar-refractivity contribution >= 4 is 53.3 Å². The summed E-state index contributed by atoms with van der Waals surface area (Å²) in [6.45, 7) is 0. The number of nitrogen functional groups attached to an aromatic ring is 1. The van der Waals surface area contributed by atoms with Gasteiger partial charge in [-0.3, -0.25) is 0 Å². The van der Waals surface area contributed by atoms with Crippen molar-refractivity contribution in [1.82, 2.24) is 14.2 Å². The third-order valence-corrected chi connectivity index (χ3v) is 9.64. The van der Waals surface area contributed by atoms with Gasteiger partial charge in [-0.05, 0) is 78.3 Å². The number of hydrogen-bond donors (Lipinski definition) is 2. The molecule has 9 heteroatoms. The molecule has 2 bridgehead atoms. The van der Waals surface area contributed by atoms with E-state index in [-0.39, 0.29) is 6.04 Å². The number of nitrogens with two attached hydrogens (primary N) is 1. The van der Waals surface area contributed by atoms with Crippen LogP contribution in [-0.2, 0) is 10.0 Å². The van der Waals surface area contributed by atoms with Gasteiger partial charge in [-0.1, -0.05) is 17.4 Å². The molecule has 2 aromatic heterocycles. The number of hydrogen-bond acceptors (Lipinski definition) is 7. The molecule has 2 saturated carbocycles. The summed E-state index contributed by atoms with van der Waals surface area (Å²) in [5.74, 6) is 2.22. The van der Waals surface area contributed by atoms with Gasteiger partial charge in [0.15, 0.2) is 5.13 Å². The average molecular weight is 466 g/mol. The molecule has 0 amide bonds. The van der Waals surface area contributed by atoms with Gasteiger partial charge in [0, 0.05) is 11.1 Å². The van der Waals surface area contributed by atoms with Crippen LogP contribution in [0, 0.1) is 17.8 Å². The van der Waals surface area contributed by atoms with Crippen LogP contribution in [0.25, 0.3) is 21.1 Å². The number of fused-ring (bicyclic) bond motifs is 10. The third kappa shape index (κ3) is 2.49. The van der Waals surface area contributed by atoms with E-state index in [9.17, 15) is 8.42 Å². The summed E-state index contributed by atoms with van der Waals surface area (Å²) in [4.78, 5) is 4.41. The maximum atomic E-state index is 12.2. The van der Waals surface area contributed by atoms with Gasteiger partial charge in [-0.2, -0.15) is 9.19 Å². The van der Waals surface area contributed by atoms with E-state index in [1.54, 1.807) is 6.20 Å².